The number of carbonyl (C=O) groups excluding carboxylic acids is 1. The van der Waals surface area contributed by atoms with Crippen LogP contribution < -0.4 is 5.32 Å². The van der Waals surface area contributed by atoms with E-state index in [0.717, 1.165) is 17.8 Å². The van der Waals surface area contributed by atoms with Gasteiger partial charge in [-0.1, -0.05) is 24.6 Å². The summed E-state index contributed by atoms with van der Waals surface area (Å²) in [6.07, 6.45) is 0.509. The zero-order chi connectivity index (χ0) is 12.1. The summed E-state index contributed by atoms with van der Waals surface area (Å²) >= 11 is 0. The van der Waals surface area contributed by atoms with Crippen LogP contribution in [0.1, 0.15) is 24.5 Å². The van der Waals surface area contributed by atoms with Crippen molar-refractivity contribution < 1.29 is 4.79 Å². The number of nitrogens with zero attached hydrogens (tertiary/aromatic N) is 1. The molecule has 0 spiro atoms. The molecule has 0 aliphatic carbocycles. The van der Waals surface area contributed by atoms with Crippen LogP contribution in [-0.2, 0) is 11.3 Å². The lowest BCUT2D eigenvalue weighted by atomic mass is 10.1. The molecule has 0 atom stereocenters. The van der Waals surface area contributed by atoms with Crippen LogP contribution in [0, 0.1) is 6.92 Å². The van der Waals surface area contributed by atoms with Crippen molar-refractivity contribution in [1.29, 1.82) is 0 Å². The molecule has 1 aromatic rings. The van der Waals surface area contributed by atoms with Gasteiger partial charge in [-0.25, -0.2) is 0 Å². The number of hydrogen-bond acceptors (Lipinski definition) is 2. The molecule has 0 aliphatic rings. The van der Waals surface area contributed by atoms with Crippen LogP contribution in [-0.4, -0.2) is 24.9 Å². The largest absolute Gasteiger partial charge is 0.326 e. The van der Waals surface area contributed by atoms with Crippen molar-refractivity contribution in [2.45, 2.75) is 26.8 Å². The van der Waals surface area contributed by atoms with Gasteiger partial charge < -0.3 is 10.2 Å². The second kappa shape index (κ2) is 5.66. The standard InChI is InChI=1S/C13H20N2O/c1-5-13(16)14-12-7-6-10(2)8-11(12)9-15(3)4/h6-8H,5,9H2,1-4H3,(H,14,16). The van der Waals surface area contributed by atoms with Gasteiger partial charge in [-0.2, -0.15) is 0 Å². The Hall–Kier alpha value is -1.35. The molecule has 1 N–H and O–H groups in total. The molecule has 0 fully saturated rings. The SMILES string of the molecule is CCC(=O)Nc1ccc(C)cc1CN(C)C. The van der Waals surface area contributed by atoms with E-state index < -0.39 is 0 Å². The monoisotopic (exact) mass is 220 g/mol. The molecule has 1 amide bonds. The molecule has 16 heavy (non-hydrogen) atoms. The van der Waals surface area contributed by atoms with Gasteiger partial charge in [-0.05, 0) is 32.6 Å². The molecule has 3 nitrogen and oxygen atoms in total. The third-order valence-electron chi connectivity index (χ3n) is 2.34. The number of carbonyl (C=O) groups is 1. The predicted octanol–water partition coefficient (Wildman–Crippen LogP) is 2.41. The highest BCUT2D eigenvalue weighted by Gasteiger charge is 2.06. The zero-order valence-electron chi connectivity index (χ0n) is 10.5. The molecule has 0 unspecified atom stereocenters. The fraction of sp³-hybridized carbons (Fsp3) is 0.462. The topological polar surface area (TPSA) is 32.3 Å². The van der Waals surface area contributed by atoms with Gasteiger partial charge in [0.1, 0.15) is 0 Å². The van der Waals surface area contributed by atoms with Gasteiger partial charge in [0.2, 0.25) is 5.91 Å². The first-order valence-electron chi connectivity index (χ1n) is 5.57. The van der Waals surface area contributed by atoms with Crippen molar-refractivity contribution in [3.05, 3.63) is 29.3 Å². The summed E-state index contributed by atoms with van der Waals surface area (Å²) in [4.78, 5) is 13.5. The summed E-state index contributed by atoms with van der Waals surface area (Å²) < 4.78 is 0. The maximum absolute atomic E-state index is 11.4. The minimum Gasteiger partial charge on any atom is -0.326 e. The third kappa shape index (κ3) is 3.66. The highest BCUT2D eigenvalue weighted by atomic mass is 16.1. The second-order valence-electron chi connectivity index (χ2n) is 4.30. The van der Waals surface area contributed by atoms with Crippen LogP contribution in [0.5, 0.6) is 0 Å². The Morgan fingerprint density at radius 3 is 2.62 bits per heavy atom. The van der Waals surface area contributed by atoms with Gasteiger partial charge in [0.25, 0.3) is 0 Å². The number of benzene rings is 1. The van der Waals surface area contributed by atoms with Crippen LogP contribution in [0.3, 0.4) is 0 Å². The van der Waals surface area contributed by atoms with E-state index in [1.54, 1.807) is 0 Å². The maximum atomic E-state index is 11.4. The Labute approximate surface area is 97.5 Å². The number of aryl methyl sites for hydroxylation is 1. The normalized spacial score (nSPS) is 10.6. The zero-order valence-corrected chi connectivity index (χ0v) is 10.5. The van der Waals surface area contributed by atoms with Gasteiger partial charge in [0.05, 0.1) is 0 Å². The highest BCUT2D eigenvalue weighted by molar-refractivity contribution is 5.91. The lowest BCUT2D eigenvalue weighted by Gasteiger charge is -2.15. The van der Waals surface area contributed by atoms with E-state index in [1.165, 1.54) is 5.56 Å². The van der Waals surface area contributed by atoms with Crippen LogP contribution in [0.2, 0.25) is 0 Å². The first-order chi connectivity index (χ1) is 7.52. The summed E-state index contributed by atoms with van der Waals surface area (Å²) in [7, 11) is 4.04. The van der Waals surface area contributed by atoms with Crippen molar-refractivity contribution in [2.24, 2.45) is 0 Å². The van der Waals surface area contributed by atoms with Crippen molar-refractivity contribution in [3.63, 3.8) is 0 Å². The number of anilines is 1. The molecule has 0 saturated carbocycles. The fourth-order valence-electron chi connectivity index (χ4n) is 1.55. The number of hydrogen-bond donors (Lipinski definition) is 1. The summed E-state index contributed by atoms with van der Waals surface area (Å²) in [5.41, 5.74) is 3.30. The van der Waals surface area contributed by atoms with E-state index in [9.17, 15) is 4.79 Å². The summed E-state index contributed by atoms with van der Waals surface area (Å²) in [5, 5.41) is 2.93. The molecule has 0 heterocycles. The van der Waals surface area contributed by atoms with Crippen LogP contribution >= 0.6 is 0 Å². The first-order valence-corrected chi connectivity index (χ1v) is 5.57. The molecule has 88 valence electrons. The molecule has 0 saturated heterocycles. The van der Waals surface area contributed by atoms with E-state index in [1.807, 2.05) is 33.2 Å². The van der Waals surface area contributed by atoms with Gasteiger partial charge in [-0.3, -0.25) is 4.79 Å². The van der Waals surface area contributed by atoms with E-state index in [2.05, 4.69) is 23.2 Å². The molecule has 3 heteroatoms. The Morgan fingerprint density at radius 1 is 1.38 bits per heavy atom. The minimum atomic E-state index is 0.0591. The van der Waals surface area contributed by atoms with Crippen molar-refractivity contribution in [2.75, 3.05) is 19.4 Å². The Kier molecular flexibility index (Phi) is 4.50. The smallest absolute Gasteiger partial charge is 0.224 e. The quantitative estimate of drug-likeness (QED) is 0.845. The lowest BCUT2D eigenvalue weighted by Crippen LogP contribution is -2.16. The van der Waals surface area contributed by atoms with Gasteiger partial charge in [0, 0.05) is 18.7 Å². The summed E-state index contributed by atoms with van der Waals surface area (Å²) in [6, 6.07) is 6.11. The Morgan fingerprint density at radius 2 is 2.06 bits per heavy atom. The summed E-state index contributed by atoms with van der Waals surface area (Å²) in [5.74, 6) is 0.0591. The van der Waals surface area contributed by atoms with E-state index >= 15 is 0 Å². The summed E-state index contributed by atoms with van der Waals surface area (Å²) in [6.45, 7) is 4.75. The lowest BCUT2D eigenvalue weighted by molar-refractivity contribution is -0.115. The number of amides is 1. The van der Waals surface area contributed by atoms with Crippen LogP contribution in [0.15, 0.2) is 18.2 Å². The van der Waals surface area contributed by atoms with E-state index in [4.69, 9.17) is 0 Å². The predicted molar refractivity (Wildman–Crippen MR) is 67.5 cm³/mol. The third-order valence-corrected chi connectivity index (χ3v) is 2.34. The molecular formula is C13H20N2O. The molecule has 1 aromatic carbocycles. The molecule has 0 radical (unpaired) electrons. The van der Waals surface area contributed by atoms with Gasteiger partial charge >= 0.3 is 0 Å². The first kappa shape index (κ1) is 12.7. The maximum Gasteiger partial charge on any atom is 0.224 e. The van der Waals surface area contributed by atoms with Gasteiger partial charge in [0.15, 0.2) is 0 Å². The Balaban J connectivity index is 2.93. The molecule has 0 aliphatic heterocycles. The van der Waals surface area contributed by atoms with Crippen molar-refractivity contribution in [1.82, 2.24) is 4.90 Å². The van der Waals surface area contributed by atoms with Crippen molar-refractivity contribution in [3.8, 4) is 0 Å². The average Bonchev–Trinajstić information content (AvgIpc) is 2.21. The fourth-order valence-corrected chi connectivity index (χ4v) is 1.55. The number of rotatable bonds is 4. The van der Waals surface area contributed by atoms with Crippen LogP contribution in [0.25, 0.3) is 0 Å². The Bertz CT molecular complexity index is 372. The van der Waals surface area contributed by atoms with Gasteiger partial charge in [-0.15, -0.1) is 0 Å². The average molecular weight is 220 g/mol. The molecule has 0 bridgehead atoms. The minimum absolute atomic E-state index is 0.0591. The van der Waals surface area contributed by atoms with E-state index in [0.29, 0.717) is 6.42 Å². The molecule has 0 aromatic heterocycles. The molecule has 1 rings (SSSR count). The number of nitrogens with one attached hydrogen (secondary N) is 1. The van der Waals surface area contributed by atoms with E-state index in [-0.39, 0.29) is 5.91 Å². The highest BCUT2D eigenvalue weighted by Crippen LogP contribution is 2.18. The molecular weight excluding hydrogens is 200 g/mol. The van der Waals surface area contributed by atoms with Crippen LogP contribution in [0.4, 0.5) is 5.69 Å². The second-order valence-corrected chi connectivity index (χ2v) is 4.30. The van der Waals surface area contributed by atoms with Crippen molar-refractivity contribution >= 4 is 11.6 Å².